The summed E-state index contributed by atoms with van der Waals surface area (Å²) in [6, 6.07) is 8.55. The SMILES string of the molecule is Cc1ccccc1CN(C)C(=O)CN(C)C(CN)C1CC1. The lowest BCUT2D eigenvalue weighted by atomic mass is 10.1. The lowest BCUT2D eigenvalue weighted by molar-refractivity contribution is -0.131. The van der Waals surface area contributed by atoms with Crippen molar-refractivity contribution < 1.29 is 4.79 Å². The zero-order valence-corrected chi connectivity index (χ0v) is 13.4. The fraction of sp³-hybridized carbons (Fsp3) is 0.588. The van der Waals surface area contributed by atoms with Crippen molar-refractivity contribution in [2.45, 2.75) is 32.4 Å². The highest BCUT2D eigenvalue weighted by molar-refractivity contribution is 5.78. The van der Waals surface area contributed by atoms with Crippen LogP contribution in [0.25, 0.3) is 0 Å². The van der Waals surface area contributed by atoms with Gasteiger partial charge in [-0.1, -0.05) is 24.3 Å². The molecule has 1 aliphatic rings. The molecule has 116 valence electrons. The van der Waals surface area contributed by atoms with Crippen molar-refractivity contribution in [1.82, 2.24) is 9.80 Å². The highest BCUT2D eigenvalue weighted by Gasteiger charge is 2.33. The maximum absolute atomic E-state index is 12.4. The van der Waals surface area contributed by atoms with Crippen LogP contribution < -0.4 is 5.73 Å². The van der Waals surface area contributed by atoms with Gasteiger partial charge in [0.25, 0.3) is 0 Å². The summed E-state index contributed by atoms with van der Waals surface area (Å²) < 4.78 is 0. The molecule has 1 aliphatic carbocycles. The number of carbonyl (C=O) groups excluding carboxylic acids is 1. The summed E-state index contributed by atoms with van der Waals surface area (Å²) in [5, 5.41) is 0. The van der Waals surface area contributed by atoms with Crippen LogP contribution in [-0.4, -0.2) is 48.9 Å². The normalized spacial score (nSPS) is 16.0. The summed E-state index contributed by atoms with van der Waals surface area (Å²) in [5.41, 5.74) is 8.27. The molecule has 1 atom stereocenters. The Kier molecular flexibility index (Phi) is 5.37. The summed E-state index contributed by atoms with van der Waals surface area (Å²) >= 11 is 0. The molecule has 0 saturated heterocycles. The average molecular weight is 289 g/mol. The fourth-order valence-corrected chi connectivity index (χ4v) is 2.80. The molecular formula is C17H27N3O. The summed E-state index contributed by atoms with van der Waals surface area (Å²) in [6.45, 7) is 3.82. The van der Waals surface area contributed by atoms with E-state index in [1.165, 1.54) is 24.0 Å². The molecule has 2 rings (SSSR count). The third kappa shape index (κ3) is 4.29. The highest BCUT2D eigenvalue weighted by atomic mass is 16.2. The van der Waals surface area contributed by atoms with Crippen LogP contribution in [0.2, 0.25) is 0 Å². The van der Waals surface area contributed by atoms with Crippen molar-refractivity contribution in [3.05, 3.63) is 35.4 Å². The van der Waals surface area contributed by atoms with Crippen LogP contribution in [0.4, 0.5) is 0 Å². The molecule has 0 aliphatic heterocycles. The molecular weight excluding hydrogens is 262 g/mol. The first-order chi connectivity index (χ1) is 10.0. The highest BCUT2D eigenvalue weighted by Crippen LogP contribution is 2.34. The summed E-state index contributed by atoms with van der Waals surface area (Å²) in [5.74, 6) is 0.842. The number of rotatable bonds is 7. The van der Waals surface area contributed by atoms with E-state index in [1.807, 2.05) is 26.2 Å². The Balaban J connectivity index is 1.88. The van der Waals surface area contributed by atoms with Gasteiger partial charge in [-0.25, -0.2) is 0 Å². The predicted molar refractivity (Wildman–Crippen MR) is 85.8 cm³/mol. The van der Waals surface area contributed by atoms with Crippen LogP contribution in [-0.2, 0) is 11.3 Å². The Bertz CT molecular complexity index is 485. The van der Waals surface area contributed by atoms with E-state index in [4.69, 9.17) is 5.73 Å². The summed E-state index contributed by atoms with van der Waals surface area (Å²) in [6.07, 6.45) is 2.50. The second kappa shape index (κ2) is 7.05. The van der Waals surface area contributed by atoms with Gasteiger partial charge >= 0.3 is 0 Å². The smallest absolute Gasteiger partial charge is 0.236 e. The first kappa shape index (κ1) is 16.0. The van der Waals surface area contributed by atoms with Crippen LogP contribution in [0.1, 0.15) is 24.0 Å². The molecule has 21 heavy (non-hydrogen) atoms. The Hall–Kier alpha value is -1.39. The quantitative estimate of drug-likeness (QED) is 0.830. The summed E-state index contributed by atoms with van der Waals surface area (Å²) in [4.78, 5) is 16.3. The van der Waals surface area contributed by atoms with E-state index in [1.54, 1.807) is 4.90 Å². The molecule has 1 amide bonds. The van der Waals surface area contributed by atoms with Crippen LogP contribution >= 0.6 is 0 Å². The molecule has 1 aromatic rings. The standard InChI is InChI=1S/C17H27N3O/c1-13-6-4-5-7-15(13)11-20(3)17(21)12-19(2)16(10-18)14-8-9-14/h4-7,14,16H,8-12,18H2,1-3H3. The lowest BCUT2D eigenvalue weighted by Gasteiger charge is -2.28. The number of hydrogen-bond donors (Lipinski definition) is 1. The van der Waals surface area contributed by atoms with E-state index in [0.717, 1.165) is 0 Å². The molecule has 1 aromatic carbocycles. The van der Waals surface area contributed by atoms with Crippen molar-refractivity contribution in [2.75, 3.05) is 27.2 Å². The minimum absolute atomic E-state index is 0.153. The van der Waals surface area contributed by atoms with Crippen LogP contribution in [0.15, 0.2) is 24.3 Å². The van der Waals surface area contributed by atoms with Crippen molar-refractivity contribution >= 4 is 5.91 Å². The largest absolute Gasteiger partial charge is 0.340 e. The van der Waals surface area contributed by atoms with Gasteiger partial charge in [0, 0.05) is 26.2 Å². The third-order valence-corrected chi connectivity index (χ3v) is 4.45. The lowest BCUT2D eigenvalue weighted by Crippen LogP contribution is -2.45. The fourth-order valence-electron chi connectivity index (χ4n) is 2.80. The van der Waals surface area contributed by atoms with E-state index in [2.05, 4.69) is 24.0 Å². The van der Waals surface area contributed by atoms with Crippen LogP contribution in [0, 0.1) is 12.8 Å². The molecule has 1 unspecified atom stereocenters. The number of aryl methyl sites for hydroxylation is 1. The van der Waals surface area contributed by atoms with Gasteiger partial charge in [-0.2, -0.15) is 0 Å². The van der Waals surface area contributed by atoms with E-state index in [-0.39, 0.29) is 5.91 Å². The Morgan fingerprint density at radius 2 is 2.00 bits per heavy atom. The van der Waals surface area contributed by atoms with Gasteiger partial charge in [-0.15, -0.1) is 0 Å². The molecule has 0 bridgehead atoms. The van der Waals surface area contributed by atoms with Crippen molar-refractivity contribution in [3.63, 3.8) is 0 Å². The Labute approximate surface area is 127 Å². The molecule has 0 spiro atoms. The van der Waals surface area contributed by atoms with Gasteiger partial charge in [0.15, 0.2) is 0 Å². The van der Waals surface area contributed by atoms with E-state index in [9.17, 15) is 4.79 Å². The zero-order chi connectivity index (χ0) is 15.4. The van der Waals surface area contributed by atoms with Gasteiger partial charge in [0.1, 0.15) is 0 Å². The third-order valence-electron chi connectivity index (χ3n) is 4.45. The molecule has 4 heteroatoms. The molecule has 4 nitrogen and oxygen atoms in total. The summed E-state index contributed by atoms with van der Waals surface area (Å²) in [7, 11) is 3.88. The minimum atomic E-state index is 0.153. The van der Waals surface area contributed by atoms with Crippen LogP contribution in [0.5, 0.6) is 0 Å². The maximum atomic E-state index is 12.4. The molecule has 0 radical (unpaired) electrons. The van der Waals surface area contributed by atoms with E-state index < -0.39 is 0 Å². The predicted octanol–water partition coefficient (Wildman–Crippen LogP) is 1.62. The topological polar surface area (TPSA) is 49.6 Å². The van der Waals surface area contributed by atoms with Crippen LogP contribution in [0.3, 0.4) is 0 Å². The number of hydrogen-bond acceptors (Lipinski definition) is 3. The molecule has 0 heterocycles. The van der Waals surface area contributed by atoms with Crippen molar-refractivity contribution in [3.8, 4) is 0 Å². The monoisotopic (exact) mass is 289 g/mol. The van der Waals surface area contributed by atoms with Crippen molar-refractivity contribution in [1.29, 1.82) is 0 Å². The number of likely N-dealkylation sites (N-methyl/N-ethyl adjacent to an activating group) is 2. The van der Waals surface area contributed by atoms with E-state index in [0.29, 0.717) is 31.6 Å². The van der Waals surface area contributed by atoms with Crippen molar-refractivity contribution in [2.24, 2.45) is 11.7 Å². The minimum Gasteiger partial charge on any atom is -0.340 e. The zero-order valence-electron chi connectivity index (χ0n) is 13.4. The van der Waals surface area contributed by atoms with Gasteiger partial charge in [0.05, 0.1) is 6.54 Å². The van der Waals surface area contributed by atoms with Gasteiger partial charge in [0.2, 0.25) is 5.91 Å². The number of nitrogens with two attached hydrogens (primary N) is 1. The second-order valence-electron chi connectivity index (χ2n) is 6.23. The Morgan fingerprint density at radius 1 is 1.33 bits per heavy atom. The number of nitrogens with zero attached hydrogens (tertiary/aromatic N) is 2. The Morgan fingerprint density at radius 3 is 2.57 bits per heavy atom. The maximum Gasteiger partial charge on any atom is 0.236 e. The van der Waals surface area contributed by atoms with Gasteiger partial charge in [-0.05, 0) is 43.9 Å². The van der Waals surface area contributed by atoms with Gasteiger partial charge < -0.3 is 10.6 Å². The first-order valence-electron chi connectivity index (χ1n) is 7.71. The molecule has 0 aromatic heterocycles. The first-order valence-corrected chi connectivity index (χ1v) is 7.71. The number of carbonyl (C=O) groups is 1. The van der Waals surface area contributed by atoms with E-state index >= 15 is 0 Å². The van der Waals surface area contributed by atoms with Gasteiger partial charge in [-0.3, -0.25) is 9.69 Å². The number of benzene rings is 1. The average Bonchev–Trinajstić information content (AvgIpc) is 3.26. The second-order valence-corrected chi connectivity index (χ2v) is 6.23. The molecule has 1 fully saturated rings. The molecule has 2 N–H and O–H groups in total. The molecule has 1 saturated carbocycles. The number of amides is 1.